The van der Waals surface area contributed by atoms with Crippen LogP contribution in [0.3, 0.4) is 0 Å². The molecule has 5 heteroatoms. The minimum atomic E-state index is -0.299. The minimum Gasteiger partial charge on any atom is -0.493 e. The summed E-state index contributed by atoms with van der Waals surface area (Å²) < 4.78 is 5.55. The van der Waals surface area contributed by atoms with E-state index in [-0.39, 0.29) is 23.9 Å². The van der Waals surface area contributed by atoms with Gasteiger partial charge in [0, 0.05) is 12.1 Å². The summed E-state index contributed by atoms with van der Waals surface area (Å²) in [6, 6.07) is 7.80. The molecule has 4 nitrogen and oxygen atoms in total. The first kappa shape index (κ1) is 19.7. The standard InChI is InChI=1S/C16H26N2O2.ClH/c1-4-16(17,5-2)12-18-15(19)9-10-20-14-8-6-7-13(3)11-14;/h6-8,11H,4-5,9-10,12,17H2,1-3H3,(H,18,19);1H. The van der Waals surface area contributed by atoms with Crippen molar-refractivity contribution in [2.45, 2.75) is 45.6 Å². The zero-order chi connectivity index (χ0) is 15.0. The van der Waals surface area contributed by atoms with Gasteiger partial charge < -0.3 is 15.8 Å². The number of aryl methyl sites for hydroxylation is 1. The molecule has 1 aromatic carbocycles. The van der Waals surface area contributed by atoms with Gasteiger partial charge in [0.05, 0.1) is 13.0 Å². The highest BCUT2D eigenvalue weighted by Gasteiger charge is 2.20. The molecule has 1 aromatic rings. The van der Waals surface area contributed by atoms with Gasteiger partial charge in [0.15, 0.2) is 0 Å². The number of halogens is 1. The summed E-state index contributed by atoms with van der Waals surface area (Å²) in [7, 11) is 0. The monoisotopic (exact) mass is 314 g/mol. The molecule has 0 saturated heterocycles. The van der Waals surface area contributed by atoms with Crippen molar-refractivity contribution in [2.75, 3.05) is 13.2 Å². The molecule has 0 spiro atoms. The Balaban J connectivity index is 0.00000400. The fourth-order valence-electron chi connectivity index (χ4n) is 1.83. The van der Waals surface area contributed by atoms with Crippen LogP contribution in [-0.4, -0.2) is 24.6 Å². The Morgan fingerprint density at radius 3 is 2.57 bits per heavy atom. The maximum Gasteiger partial charge on any atom is 0.223 e. The smallest absolute Gasteiger partial charge is 0.223 e. The minimum absolute atomic E-state index is 0. The van der Waals surface area contributed by atoms with Crippen LogP contribution in [0, 0.1) is 6.92 Å². The van der Waals surface area contributed by atoms with Gasteiger partial charge in [0.25, 0.3) is 0 Å². The van der Waals surface area contributed by atoms with E-state index >= 15 is 0 Å². The Morgan fingerprint density at radius 2 is 2.00 bits per heavy atom. The Morgan fingerprint density at radius 1 is 1.33 bits per heavy atom. The van der Waals surface area contributed by atoms with E-state index in [1.54, 1.807) is 0 Å². The fraction of sp³-hybridized carbons (Fsp3) is 0.562. The van der Waals surface area contributed by atoms with Crippen LogP contribution < -0.4 is 15.8 Å². The van der Waals surface area contributed by atoms with Crippen molar-refractivity contribution in [2.24, 2.45) is 5.73 Å². The molecule has 0 aliphatic heterocycles. The molecule has 0 radical (unpaired) electrons. The number of hydrogen-bond donors (Lipinski definition) is 2. The van der Waals surface area contributed by atoms with Gasteiger partial charge in [-0.05, 0) is 37.5 Å². The van der Waals surface area contributed by atoms with Crippen LogP contribution in [-0.2, 0) is 4.79 Å². The first-order valence-electron chi connectivity index (χ1n) is 7.24. The predicted octanol–water partition coefficient (Wildman–Crippen LogP) is 2.82. The number of ether oxygens (including phenoxy) is 1. The Hall–Kier alpha value is -1.26. The van der Waals surface area contributed by atoms with Gasteiger partial charge in [0.2, 0.25) is 5.91 Å². The molecule has 0 aliphatic carbocycles. The average molecular weight is 315 g/mol. The average Bonchev–Trinajstić information content (AvgIpc) is 2.45. The van der Waals surface area contributed by atoms with Gasteiger partial charge in [-0.15, -0.1) is 12.4 Å². The first-order chi connectivity index (χ1) is 9.49. The van der Waals surface area contributed by atoms with Gasteiger partial charge in [-0.2, -0.15) is 0 Å². The van der Waals surface area contributed by atoms with Gasteiger partial charge in [0.1, 0.15) is 5.75 Å². The third-order valence-electron chi connectivity index (χ3n) is 3.63. The van der Waals surface area contributed by atoms with Gasteiger partial charge >= 0.3 is 0 Å². The first-order valence-corrected chi connectivity index (χ1v) is 7.24. The molecule has 1 rings (SSSR count). The number of carbonyl (C=O) groups is 1. The van der Waals surface area contributed by atoms with Gasteiger partial charge in [-0.3, -0.25) is 4.79 Å². The van der Waals surface area contributed by atoms with E-state index < -0.39 is 0 Å². The summed E-state index contributed by atoms with van der Waals surface area (Å²) in [5.74, 6) is 0.780. The third-order valence-corrected chi connectivity index (χ3v) is 3.63. The number of nitrogens with one attached hydrogen (secondary N) is 1. The Bertz CT molecular complexity index is 434. The molecule has 1 amide bonds. The van der Waals surface area contributed by atoms with Crippen LogP contribution in [0.4, 0.5) is 0 Å². The maximum absolute atomic E-state index is 11.7. The normalized spacial score (nSPS) is 10.7. The molecule has 3 N–H and O–H groups in total. The summed E-state index contributed by atoms with van der Waals surface area (Å²) in [5, 5.41) is 2.88. The van der Waals surface area contributed by atoms with E-state index in [0.29, 0.717) is 19.6 Å². The second-order valence-electron chi connectivity index (χ2n) is 5.26. The van der Waals surface area contributed by atoms with Gasteiger partial charge in [-0.25, -0.2) is 0 Å². The summed E-state index contributed by atoms with van der Waals surface area (Å²) in [6.07, 6.45) is 2.05. The van der Waals surface area contributed by atoms with Crippen molar-refractivity contribution in [1.29, 1.82) is 0 Å². The molecule has 0 unspecified atom stereocenters. The van der Waals surface area contributed by atoms with Crippen molar-refractivity contribution >= 4 is 18.3 Å². The summed E-state index contributed by atoms with van der Waals surface area (Å²) >= 11 is 0. The van der Waals surface area contributed by atoms with E-state index in [2.05, 4.69) is 5.32 Å². The molecule has 0 saturated carbocycles. The quantitative estimate of drug-likeness (QED) is 0.775. The van der Waals surface area contributed by atoms with Crippen LogP contribution in [0.25, 0.3) is 0 Å². The largest absolute Gasteiger partial charge is 0.493 e. The lowest BCUT2D eigenvalue weighted by molar-refractivity contribution is -0.121. The van der Waals surface area contributed by atoms with E-state index in [9.17, 15) is 4.79 Å². The van der Waals surface area contributed by atoms with Gasteiger partial charge in [-0.1, -0.05) is 26.0 Å². The molecule has 0 fully saturated rings. The van der Waals surface area contributed by atoms with Crippen LogP contribution in [0.15, 0.2) is 24.3 Å². The predicted molar refractivity (Wildman–Crippen MR) is 89.0 cm³/mol. The lowest BCUT2D eigenvalue weighted by Gasteiger charge is -2.26. The van der Waals surface area contributed by atoms with Crippen molar-refractivity contribution < 1.29 is 9.53 Å². The zero-order valence-corrected chi connectivity index (χ0v) is 14.0. The molecule has 0 aromatic heterocycles. The highest BCUT2D eigenvalue weighted by Crippen LogP contribution is 2.12. The van der Waals surface area contributed by atoms with Crippen LogP contribution in [0.1, 0.15) is 38.7 Å². The number of benzene rings is 1. The lowest BCUT2D eigenvalue weighted by atomic mass is 9.94. The summed E-state index contributed by atoms with van der Waals surface area (Å²) in [6.45, 7) is 6.98. The van der Waals surface area contributed by atoms with E-state index in [1.165, 1.54) is 0 Å². The molecule has 0 heterocycles. The maximum atomic E-state index is 11.7. The molecule has 21 heavy (non-hydrogen) atoms. The number of amides is 1. The zero-order valence-electron chi connectivity index (χ0n) is 13.1. The molecular formula is C16H27ClN2O2. The Labute approximate surface area is 133 Å². The highest BCUT2D eigenvalue weighted by molar-refractivity contribution is 5.85. The lowest BCUT2D eigenvalue weighted by Crippen LogP contribution is -2.49. The molecule has 0 bridgehead atoms. The van der Waals surface area contributed by atoms with Crippen molar-refractivity contribution in [3.63, 3.8) is 0 Å². The molecule has 0 atom stereocenters. The fourth-order valence-corrected chi connectivity index (χ4v) is 1.83. The van der Waals surface area contributed by atoms with Crippen LogP contribution in [0.5, 0.6) is 5.75 Å². The van der Waals surface area contributed by atoms with Crippen LogP contribution in [0.2, 0.25) is 0 Å². The number of hydrogen-bond acceptors (Lipinski definition) is 3. The Kier molecular flexibility index (Phi) is 9.06. The molecular weight excluding hydrogens is 288 g/mol. The summed E-state index contributed by atoms with van der Waals surface area (Å²) in [4.78, 5) is 11.7. The van der Waals surface area contributed by atoms with Crippen molar-refractivity contribution in [3.8, 4) is 5.75 Å². The van der Waals surface area contributed by atoms with E-state index in [1.807, 2.05) is 45.0 Å². The van der Waals surface area contributed by atoms with E-state index in [4.69, 9.17) is 10.5 Å². The van der Waals surface area contributed by atoms with Crippen molar-refractivity contribution in [3.05, 3.63) is 29.8 Å². The summed E-state index contributed by atoms with van der Waals surface area (Å²) in [5.41, 5.74) is 6.98. The topological polar surface area (TPSA) is 64.3 Å². The number of carbonyl (C=O) groups excluding carboxylic acids is 1. The van der Waals surface area contributed by atoms with E-state index in [0.717, 1.165) is 24.2 Å². The molecule has 0 aliphatic rings. The molecule has 120 valence electrons. The second kappa shape index (κ2) is 9.64. The van der Waals surface area contributed by atoms with Crippen molar-refractivity contribution in [1.82, 2.24) is 5.32 Å². The van der Waals surface area contributed by atoms with Crippen LogP contribution >= 0.6 is 12.4 Å². The number of rotatable bonds is 8. The third kappa shape index (κ3) is 7.34. The number of nitrogens with two attached hydrogens (primary N) is 1. The SMILES string of the molecule is CCC(N)(CC)CNC(=O)CCOc1cccc(C)c1.Cl. The second-order valence-corrected chi connectivity index (χ2v) is 5.26. The highest BCUT2D eigenvalue weighted by atomic mass is 35.5.